The van der Waals surface area contributed by atoms with Gasteiger partial charge in [0.05, 0.1) is 13.7 Å². The largest absolute Gasteiger partial charge is 0.497 e. The molecule has 1 fully saturated rings. The molecule has 104 valence electrons. The van der Waals surface area contributed by atoms with Crippen LogP contribution in [0.3, 0.4) is 0 Å². The molecule has 6 heteroatoms. The molecule has 1 aliphatic heterocycles. The summed E-state index contributed by atoms with van der Waals surface area (Å²) in [5.74, 6) is 0.491. The third-order valence-corrected chi connectivity index (χ3v) is 3.53. The maximum atomic E-state index is 9.35. The van der Waals surface area contributed by atoms with Gasteiger partial charge in [-0.15, -0.1) is 0 Å². The second kappa shape index (κ2) is 6.39. The number of benzene rings is 1. The summed E-state index contributed by atoms with van der Waals surface area (Å²) >= 11 is 0. The van der Waals surface area contributed by atoms with E-state index in [-0.39, 0.29) is 0 Å². The number of hydrogen-bond acceptors (Lipinski definition) is 5. The highest BCUT2D eigenvalue weighted by Gasteiger charge is 2.22. The summed E-state index contributed by atoms with van der Waals surface area (Å²) in [6, 6.07) is 5.92. The quantitative estimate of drug-likeness (QED) is 0.709. The minimum atomic E-state index is -1.52. The van der Waals surface area contributed by atoms with Gasteiger partial charge in [-0.3, -0.25) is 4.90 Å². The second-order valence-corrected chi connectivity index (χ2v) is 4.88. The molecule has 0 bridgehead atoms. The molecule has 0 saturated carbocycles. The van der Waals surface area contributed by atoms with Gasteiger partial charge in [0, 0.05) is 24.7 Å². The van der Waals surface area contributed by atoms with Crippen LogP contribution in [0.2, 0.25) is 0 Å². The zero-order chi connectivity index (χ0) is 13.8. The number of hydrogen-bond donors (Lipinski definition) is 2. The van der Waals surface area contributed by atoms with Gasteiger partial charge in [0.25, 0.3) is 0 Å². The summed E-state index contributed by atoms with van der Waals surface area (Å²) in [6.07, 6.45) is 1.04. The van der Waals surface area contributed by atoms with Crippen LogP contribution in [-0.4, -0.2) is 55.5 Å². The standard InChI is InChI=1S/C13H20BNO4/c1-15(11-5-6-19-9-11)8-10-3-4-13(18-2)12(7-10)14(16)17/h3-4,7,11,16-17H,5-6,8-9H2,1-2H3. The lowest BCUT2D eigenvalue weighted by atomic mass is 9.78. The molecule has 0 spiro atoms. The molecule has 1 atom stereocenters. The lowest BCUT2D eigenvalue weighted by Crippen LogP contribution is -2.34. The van der Waals surface area contributed by atoms with Gasteiger partial charge in [-0.25, -0.2) is 0 Å². The van der Waals surface area contributed by atoms with Crippen LogP contribution in [0, 0.1) is 0 Å². The first kappa shape index (κ1) is 14.3. The molecule has 5 nitrogen and oxygen atoms in total. The van der Waals surface area contributed by atoms with Crippen LogP contribution in [0.1, 0.15) is 12.0 Å². The predicted molar refractivity (Wildman–Crippen MR) is 73.5 cm³/mol. The van der Waals surface area contributed by atoms with Crippen molar-refractivity contribution in [2.75, 3.05) is 27.4 Å². The summed E-state index contributed by atoms with van der Waals surface area (Å²) in [6.45, 7) is 2.33. The number of likely N-dealkylation sites (N-methyl/N-ethyl adjacent to an activating group) is 1. The highest BCUT2D eigenvalue weighted by molar-refractivity contribution is 6.59. The van der Waals surface area contributed by atoms with Crippen molar-refractivity contribution < 1.29 is 19.5 Å². The molecule has 19 heavy (non-hydrogen) atoms. The number of methoxy groups -OCH3 is 1. The summed E-state index contributed by atoms with van der Waals surface area (Å²) in [7, 11) is 2.05. The van der Waals surface area contributed by atoms with E-state index in [1.165, 1.54) is 7.11 Å². The van der Waals surface area contributed by atoms with E-state index in [0.29, 0.717) is 17.3 Å². The number of ether oxygens (including phenoxy) is 2. The highest BCUT2D eigenvalue weighted by Crippen LogP contribution is 2.16. The highest BCUT2D eigenvalue weighted by atomic mass is 16.5. The van der Waals surface area contributed by atoms with Gasteiger partial charge in [-0.1, -0.05) is 12.1 Å². The summed E-state index contributed by atoms with van der Waals surface area (Å²) in [5, 5.41) is 18.7. The molecule has 1 aromatic carbocycles. The predicted octanol–water partition coefficient (Wildman–Crippen LogP) is -0.404. The van der Waals surface area contributed by atoms with Gasteiger partial charge in [-0.05, 0) is 25.1 Å². The van der Waals surface area contributed by atoms with Crippen LogP contribution in [-0.2, 0) is 11.3 Å². The zero-order valence-electron chi connectivity index (χ0n) is 11.4. The average Bonchev–Trinajstić information content (AvgIpc) is 2.92. The van der Waals surface area contributed by atoms with Crippen LogP contribution >= 0.6 is 0 Å². The van der Waals surface area contributed by atoms with Gasteiger partial charge in [0.1, 0.15) is 5.75 Å². The van der Waals surface area contributed by atoms with E-state index in [1.807, 2.05) is 6.07 Å². The van der Waals surface area contributed by atoms with Gasteiger partial charge >= 0.3 is 7.12 Å². The smallest absolute Gasteiger partial charge is 0.492 e. The normalized spacial score (nSPS) is 18.9. The van der Waals surface area contributed by atoms with E-state index in [2.05, 4.69) is 11.9 Å². The van der Waals surface area contributed by atoms with E-state index in [9.17, 15) is 10.0 Å². The Balaban J connectivity index is 2.09. The van der Waals surface area contributed by atoms with Crippen LogP contribution in [0.25, 0.3) is 0 Å². The molecule has 0 radical (unpaired) electrons. The van der Waals surface area contributed by atoms with E-state index in [4.69, 9.17) is 9.47 Å². The third kappa shape index (κ3) is 3.48. The molecule has 1 saturated heterocycles. The Labute approximate surface area is 113 Å². The summed E-state index contributed by atoms with van der Waals surface area (Å²) in [4.78, 5) is 2.22. The molecular weight excluding hydrogens is 245 g/mol. The number of rotatable bonds is 5. The zero-order valence-corrected chi connectivity index (χ0v) is 11.4. The maximum Gasteiger partial charge on any atom is 0.492 e. The van der Waals surface area contributed by atoms with Gasteiger partial charge in [0.2, 0.25) is 0 Å². The fourth-order valence-electron chi connectivity index (χ4n) is 2.37. The molecule has 2 N–H and O–H groups in total. The topological polar surface area (TPSA) is 62.2 Å². The third-order valence-electron chi connectivity index (χ3n) is 3.53. The molecule has 1 aromatic rings. The van der Waals surface area contributed by atoms with E-state index in [1.54, 1.807) is 12.1 Å². The van der Waals surface area contributed by atoms with E-state index < -0.39 is 7.12 Å². The van der Waals surface area contributed by atoms with Gasteiger partial charge < -0.3 is 19.5 Å². The van der Waals surface area contributed by atoms with Crippen molar-refractivity contribution in [2.24, 2.45) is 0 Å². The minimum Gasteiger partial charge on any atom is -0.497 e. The monoisotopic (exact) mass is 265 g/mol. The van der Waals surface area contributed by atoms with Crippen molar-refractivity contribution >= 4 is 12.6 Å². The van der Waals surface area contributed by atoms with Crippen LogP contribution < -0.4 is 10.2 Å². The fourth-order valence-corrected chi connectivity index (χ4v) is 2.37. The first-order valence-electron chi connectivity index (χ1n) is 6.42. The van der Waals surface area contributed by atoms with Crippen molar-refractivity contribution in [3.05, 3.63) is 23.8 Å². The molecule has 1 unspecified atom stereocenters. The van der Waals surface area contributed by atoms with Crippen molar-refractivity contribution in [1.29, 1.82) is 0 Å². The molecule has 1 heterocycles. The average molecular weight is 265 g/mol. The minimum absolute atomic E-state index is 0.399. The van der Waals surface area contributed by atoms with Crippen molar-refractivity contribution in [3.63, 3.8) is 0 Å². The van der Waals surface area contributed by atoms with Crippen LogP contribution in [0.15, 0.2) is 18.2 Å². The Morgan fingerprint density at radius 1 is 1.47 bits per heavy atom. The van der Waals surface area contributed by atoms with Crippen molar-refractivity contribution in [1.82, 2.24) is 4.90 Å². The molecule has 0 aliphatic carbocycles. The Hall–Kier alpha value is -1.08. The Kier molecular flexibility index (Phi) is 4.82. The van der Waals surface area contributed by atoms with Crippen molar-refractivity contribution in [3.8, 4) is 5.75 Å². The van der Waals surface area contributed by atoms with E-state index in [0.717, 1.165) is 31.7 Å². The first-order valence-corrected chi connectivity index (χ1v) is 6.42. The molecular formula is C13H20BNO4. The molecule has 2 rings (SSSR count). The SMILES string of the molecule is COc1ccc(CN(C)C2CCOC2)cc1B(O)O. The summed E-state index contributed by atoms with van der Waals surface area (Å²) in [5.41, 5.74) is 1.43. The molecule has 1 aliphatic rings. The maximum absolute atomic E-state index is 9.35. The Morgan fingerprint density at radius 2 is 2.26 bits per heavy atom. The summed E-state index contributed by atoms with van der Waals surface area (Å²) < 4.78 is 10.5. The lowest BCUT2D eigenvalue weighted by molar-refractivity contribution is 0.156. The molecule has 0 aromatic heterocycles. The van der Waals surface area contributed by atoms with E-state index >= 15 is 0 Å². The van der Waals surface area contributed by atoms with Crippen molar-refractivity contribution in [2.45, 2.75) is 19.0 Å². The number of nitrogens with zero attached hydrogens (tertiary/aromatic N) is 1. The first-order chi connectivity index (χ1) is 9.11. The lowest BCUT2D eigenvalue weighted by Gasteiger charge is -2.23. The fraction of sp³-hybridized carbons (Fsp3) is 0.538. The van der Waals surface area contributed by atoms with Gasteiger partial charge in [-0.2, -0.15) is 0 Å². The van der Waals surface area contributed by atoms with Crippen LogP contribution in [0.5, 0.6) is 5.75 Å². The Morgan fingerprint density at radius 3 is 2.84 bits per heavy atom. The van der Waals surface area contributed by atoms with Crippen LogP contribution in [0.4, 0.5) is 0 Å². The Bertz CT molecular complexity index is 421. The second-order valence-electron chi connectivity index (χ2n) is 4.88. The van der Waals surface area contributed by atoms with Gasteiger partial charge in [0.15, 0.2) is 0 Å². The molecule has 0 amide bonds.